The molecule has 0 aliphatic carbocycles. The molecule has 104 heavy (non-hydrogen) atoms. The van der Waals surface area contributed by atoms with E-state index in [0.717, 1.165) is 0 Å². The molecule has 586 valence electrons. The van der Waals surface area contributed by atoms with E-state index in [-0.39, 0.29) is 86.9 Å². The van der Waals surface area contributed by atoms with E-state index in [2.05, 4.69) is 4.90 Å². The lowest BCUT2D eigenvalue weighted by Crippen LogP contribution is -2.50. The Morgan fingerprint density at radius 3 is 1.44 bits per heavy atom. The Labute approximate surface area is 629 Å². The van der Waals surface area contributed by atoms with Crippen molar-refractivity contribution in [2.75, 3.05) is 212 Å². The van der Waals surface area contributed by atoms with Crippen LogP contribution >= 0.6 is 14.4 Å². The van der Waals surface area contributed by atoms with Gasteiger partial charge in [-0.1, -0.05) is 0 Å². The summed E-state index contributed by atoms with van der Waals surface area (Å²) in [6.07, 6.45) is -9.64. The number of rotatable bonds is 32. The second kappa shape index (κ2) is 48.3. The van der Waals surface area contributed by atoms with Crippen molar-refractivity contribution in [2.45, 2.75) is 170 Å². The van der Waals surface area contributed by atoms with Crippen LogP contribution in [0.5, 0.6) is 0 Å². The average molecular weight is 1540 g/mol. The van der Waals surface area contributed by atoms with Crippen molar-refractivity contribution >= 4 is 89.0 Å². The molecule has 9 heterocycles. The Hall–Kier alpha value is 0.0495. The van der Waals surface area contributed by atoms with Gasteiger partial charge in [-0.3, -0.25) is 9.09 Å². The van der Waals surface area contributed by atoms with Gasteiger partial charge in [0.1, 0.15) is 172 Å². The molecule has 33 nitrogen and oxygen atoms in total. The molecule has 0 aromatic heterocycles. The van der Waals surface area contributed by atoms with Crippen LogP contribution in [-0.4, -0.2) is 474 Å². The zero-order valence-corrected chi connectivity index (χ0v) is 65.3. The van der Waals surface area contributed by atoms with Crippen molar-refractivity contribution in [3.05, 3.63) is 0 Å². The number of aliphatic hydroxyl groups is 2. The van der Waals surface area contributed by atoms with Crippen molar-refractivity contribution in [2.24, 2.45) is 0 Å². The molecule has 9 rings (SSSR count). The van der Waals surface area contributed by atoms with Gasteiger partial charge < -0.3 is 138 Å². The van der Waals surface area contributed by atoms with Gasteiger partial charge in [0.25, 0.3) is 0 Å². The normalized spacial score (nSPS) is 40.1. The van der Waals surface area contributed by atoms with Crippen molar-refractivity contribution in [1.82, 2.24) is 14.2 Å². The maximum atomic E-state index is 13.5. The van der Waals surface area contributed by atoms with E-state index in [1.807, 2.05) is 7.05 Å². The van der Waals surface area contributed by atoms with Crippen LogP contribution in [0.15, 0.2) is 0 Å². The zero-order chi connectivity index (χ0) is 77.8. The Bertz CT molecular complexity index is 2440. The van der Waals surface area contributed by atoms with Crippen molar-refractivity contribution in [3.8, 4) is 0 Å². The summed E-state index contributed by atoms with van der Waals surface area (Å²) in [4.78, 5) is 12.3. The van der Waals surface area contributed by atoms with Crippen LogP contribution in [0, 0.1) is 0 Å². The highest BCUT2D eigenvalue weighted by Gasteiger charge is 2.60. The van der Waals surface area contributed by atoms with Crippen molar-refractivity contribution in [3.63, 3.8) is 0 Å². The summed E-state index contributed by atoms with van der Waals surface area (Å²) in [5.74, 6) is 0. The summed E-state index contributed by atoms with van der Waals surface area (Å²) < 4.78 is 167. The van der Waals surface area contributed by atoms with Crippen LogP contribution in [0.25, 0.3) is 0 Å². The number of fused-ring (bicyclic) bond motifs is 2. The first-order valence-electron chi connectivity index (χ1n) is 33.5. The highest BCUT2D eigenvalue weighted by molar-refractivity contribution is 8.07. The number of likely N-dealkylation sites (N-methyl/N-ethyl adjacent to an activating group) is 1. The molecule has 0 spiro atoms. The van der Waals surface area contributed by atoms with Gasteiger partial charge >= 0.3 is 14.4 Å². The van der Waals surface area contributed by atoms with E-state index in [1.165, 1.54) is 28.4 Å². The predicted molar refractivity (Wildman–Crippen MR) is 382 cm³/mol. The quantitative estimate of drug-likeness (QED) is 0.0324. The van der Waals surface area contributed by atoms with Gasteiger partial charge in [0.05, 0.1) is 90.9 Å². The maximum absolute atomic E-state index is 13.5. The number of methoxy groups -OCH3 is 13. The van der Waals surface area contributed by atoms with Crippen LogP contribution in [0.1, 0.15) is 0 Å². The number of hydrogen-bond donors (Lipinski definition) is 3. The van der Waals surface area contributed by atoms with E-state index in [1.54, 1.807) is 87.4 Å². The van der Waals surface area contributed by atoms with E-state index in [0.29, 0.717) is 79.0 Å². The van der Waals surface area contributed by atoms with Crippen LogP contribution in [0.2, 0.25) is 0 Å². The van der Waals surface area contributed by atoms with Crippen molar-refractivity contribution < 1.29 is 147 Å². The summed E-state index contributed by atoms with van der Waals surface area (Å²) in [6, 6.07) is -5.05. The van der Waals surface area contributed by atoms with Crippen molar-refractivity contribution in [1.29, 1.82) is 0 Å². The van der Waals surface area contributed by atoms with Gasteiger partial charge in [-0.15, -0.1) is 0 Å². The lowest BCUT2D eigenvalue weighted by molar-refractivity contribution is -0.144. The number of halogens is 1. The standard InChI is InChI=1S/C14H28B2N3O5P.C12H21B2O9PS.C10H19BO5.C8H13BO4.C8H15BO4.C7H12BFO3/c1-17(2)25(20,19-6-12(9-21-4)24-14(16)8-19)22-10-11-5-18(3)7-13(15)23-11;1-18-3-5-10(8(16)12(14)21-5)23-24(17,25)20-4-6-9(19-2)7(15)11(13)22-6;1-12-4-5-15-9-8(14-3)7(6-13-2)16-10(9)11;1-10-3-8-4-12-5(6(8)11-2)7(9)13-8;1-10-4-5-6(11-2)7(12-3)8(9)13-5;1-10-3-4-6(11-2)5(9)7(8)12-4/h11-14H,5-10H2,1-4H3;5-12,15-16H,3-4H2,1-2H3,(H,17,25);7-10H,4-6H2,1-3H3;5-7H,3-4H2,1-2H3;5-8H,4H2,1-3H3;4-7H,3H2,1-2H3/t;5-,6-,7+,8+,9?,10?,11-,12-,24?;7-,8?,9+,10-;2*5-,6?,7+,8-;4-,5+,6?,7-/m.11011/s1. The number of alkyl halides is 1. The highest BCUT2D eigenvalue weighted by Crippen LogP contribution is 2.54. The van der Waals surface area contributed by atoms with E-state index < -0.39 is 117 Å². The third-order valence-corrected chi connectivity index (χ3v) is 21.7. The molecular weight excluding hydrogens is 1430 g/mol. The minimum absolute atomic E-state index is 0.0866. The fourth-order valence-corrected chi connectivity index (χ4v) is 16.2. The molecule has 9 aliphatic rings. The molecule has 0 saturated carbocycles. The van der Waals surface area contributed by atoms with Crippen LogP contribution in [0.4, 0.5) is 4.39 Å². The van der Waals surface area contributed by atoms with Gasteiger partial charge in [0.2, 0.25) is 0 Å². The molecule has 16 radical (unpaired) electrons. The lowest BCUT2D eigenvalue weighted by Gasteiger charge is -2.43. The Morgan fingerprint density at radius 2 is 0.962 bits per heavy atom. The van der Waals surface area contributed by atoms with E-state index >= 15 is 0 Å². The largest absolute Gasteiger partial charge is 0.388 e. The molecule has 9 aliphatic heterocycles. The Kier molecular flexibility index (Phi) is 44.8. The van der Waals surface area contributed by atoms with Crippen LogP contribution in [-0.2, 0) is 139 Å². The molecule has 9 saturated heterocycles. The molecule has 12 unspecified atom stereocenters. The summed E-state index contributed by atoms with van der Waals surface area (Å²) >= 11 is 4.96. The summed E-state index contributed by atoms with van der Waals surface area (Å²) in [5, 5.41) is 19.9. The van der Waals surface area contributed by atoms with Gasteiger partial charge in [-0.25, -0.2) is 13.7 Å². The topological polar surface area (TPSA) is 327 Å². The number of morpholine rings is 2. The average Bonchev–Trinajstić information content (AvgIpc) is 1.58. The number of ether oxygens (including phenoxy) is 23. The van der Waals surface area contributed by atoms with E-state index in [9.17, 15) is 24.1 Å². The van der Waals surface area contributed by atoms with Gasteiger partial charge in [-0.2, -0.15) is 0 Å². The SMILES string of the molecule is [B]C1CN(C)CC(COP(=O)(N(C)C)N2CC([B])OC(COC)C2)O1.[B][C@@H]1O[C@@]2(COC)CO[C@H]1C2OC.[B][C@@H]1O[C@H](COC)C(OC)[C@@H]1F.[B][C@@H]1O[C@H](COC)C(OC)[C@@H]1OC.[B][C@@H]1O[C@H](COC)C(OC)[C@@H]1OCCOC.[B][C@@H]1O[C@H](COP(O)(=S)OC2[C@@H](COC)O[C@@H]([B])[C@H]2O)C(OC)[C@@H]1O. The van der Waals surface area contributed by atoms with Gasteiger partial charge in [0.15, 0.2) is 0 Å². The molecule has 30 atom stereocenters. The van der Waals surface area contributed by atoms with Crippen LogP contribution in [0.3, 0.4) is 0 Å². The first-order valence-corrected chi connectivity index (χ1v) is 37.6. The monoisotopic (exact) mass is 1540 g/mol. The molecule has 9 fully saturated rings. The molecule has 2 bridgehead atoms. The minimum atomic E-state index is -3.77. The predicted octanol–water partition coefficient (Wildman–Crippen LogP) is -4.57. The van der Waals surface area contributed by atoms with Gasteiger partial charge in [-0.05, 0) is 32.9 Å². The highest BCUT2D eigenvalue weighted by atomic mass is 32.5. The molecule has 3 N–H and O–H groups in total. The smallest absolute Gasteiger partial charge is 0.345 e. The minimum Gasteiger partial charge on any atom is -0.388 e. The summed E-state index contributed by atoms with van der Waals surface area (Å²) in [7, 11) is 68.1. The van der Waals surface area contributed by atoms with E-state index in [4.69, 9.17) is 197 Å². The first kappa shape index (κ1) is 96.4. The number of nitrogens with zero attached hydrogens (tertiary/aromatic N) is 3. The fourth-order valence-electron chi connectivity index (χ4n) is 12.8. The Morgan fingerprint density at radius 1 is 0.500 bits per heavy atom. The summed E-state index contributed by atoms with van der Waals surface area (Å²) in [6.45, 7) is 1.89. The summed E-state index contributed by atoms with van der Waals surface area (Å²) in [5.41, 5.74) is -0.492. The molecular formula is C59H108B8FN3O30P2S. The molecule has 0 amide bonds. The number of aliphatic hydroxyl groups excluding tert-OH is 2. The van der Waals surface area contributed by atoms with Gasteiger partial charge in [0, 0.05) is 161 Å². The molecule has 0 aromatic rings. The first-order chi connectivity index (χ1) is 49.4. The Balaban J connectivity index is 0.000000271. The number of hydrogen-bond acceptors (Lipinski definition) is 31. The second-order valence-electron chi connectivity index (χ2n) is 25.4. The molecule has 45 heteroatoms. The lowest BCUT2D eigenvalue weighted by atomic mass is 9.92. The fraction of sp³-hybridized carbons (Fsp3) is 1.00. The van der Waals surface area contributed by atoms with Crippen LogP contribution < -0.4 is 0 Å². The maximum Gasteiger partial charge on any atom is 0.345 e. The molecule has 0 aromatic carbocycles. The third-order valence-electron chi connectivity index (χ3n) is 17.6. The second-order valence-corrected chi connectivity index (χ2v) is 30.8. The zero-order valence-electron chi connectivity index (χ0n) is 62.7. The third kappa shape index (κ3) is 27.7.